The molecule has 2 atom stereocenters. The molecule has 3 rings (SSSR count). The molecule has 0 saturated heterocycles. The van der Waals surface area contributed by atoms with Gasteiger partial charge in [-0.05, 0) is 23.3 Å². The highest BCUT2D eigenvalue weighted by atomic mass is 16.6. The Kier molecular flexibility index (Phi) is 5.61. The summed E-state index contributed by atoms with van der Waals surface area (Å²) in [6, 6.07) is 24.8. The van der Waals surface area contributed by atoms with Gasteiger partial charge in [-0.1, -0.05) is 67.6 Å². The van der Waals surface area contributed by atoms with Gasteiger partial charge in [0.2, 0.25) is 0 Å². The molecule has 5 heteroatoms. The Morgan fingerprint density at radius 3 is 1.89 bits per heavy atom. The Morgan fingerprint density at radius 1 is 0.852 bits per heavy atom. The number of nitro benzene ring substituents is 1. The summed E-state index contributed by atoms with van der Waals surface area (Å²) in [6.07, 6.45) is -0.476. The number of hydrogen-bond acceptors (Lipinski definition) is 4. The second-order valence-corrected chi connectivity index (χ2v) is 6.24. The number of carbonyl (C=O) groups is 1. The minimum atomic E-state index is -0.512. The lowest BCUT2D eigenvalue weighted by Crippen LogP contribution is -2.17. The van der Waals surface area contributed by atoms with E-state index in [1.54, 1.807) is 0 Å². The summed E-state index contributed by atoms with van der Waals surface area (Å²) >= 11 is 0. The first-order valence-electron chi connectivity index (χ1n) is 8.61. The third kappa shape index (κ3) is 4.39. The maximum absolute atomic E-state index is 12.7. The highest BCUT2D eigenvalue weighted by Gasteiger charge is 2.25. The Balaban J connectivity index is 1.87. The van der Waals surface area contributed by atoms with Crippen LogP contribution in [0, 0.1) is 10.1 Å². The molecular formula is C22H19NO4. The first-order chi connectivity index (χ1) is 13.1. The number of nitrogens with zero attached hydrogens (tertiary/aromatic N) is 1. The van der Waals surface area contributed by atoms with E-state index in [0.717, 1.165) is 11.1 Å². The van der Waals surface area contributed by atoms with Gasteiger partial charge in [0.1, 0.15) is 6.10 Å². The molecule has 0 N–H and O–H groups in total. The maximum atomic E-state index is 12.7. The molecule has 0 aromatic heterocycles. The lowest BCUT2D eigenvalue weighted by molar-refractivity contribution is -0.384. The molecule has 0 heterocycles. The Hall–Kier alpha value is -3.47. The topological polar surface area (TPSA) is 69.4 Å². The zero-order chi connectivity index (χ0) is 19.2. The van der Waals surface area contributed by atoms with Gasteiger partial charge < -0.3 is 4.74 Å². The van der Waals surface area contributed by atoms with Crippen molar-refractivity contribution in [1.82, 2.24) is 0 Å². The number of hydrogen-bond donors (Lipinski definition) is 0. The molecule has 5 nitrogen and oxygen atoms in total. The van der Waals surface area contributed by atoms with Crippen molar-refractivity contribution < 1.29 is 14.5 Å². The van der Waals surface area contributed by atoms with Crippen LogP contribution in [0.2, 0.25) is 0 Å². The molecule has 0 amide bonds. The van der Waals surface area contributed by atoms with Crippen molar-refractivity contribution in [2.45, 2.75) is 18.9 Å². The Morgan fingerprint density at radius 2 is 1.37 bits per heavy atom. The van der Waals surface area contributed by atoms with Crippen LogP contribution < -0.4 is 0 Å². The highest BCUT2D eigenvalue weighted by Crippen LogP contribution is 2.34. The van der Waals surface area contributed by atoms with Crippen molar-refractivity contribution in [3.05, 3.63) is 112 Å². The minimum Gasteiger partial charge on any atom is -0.453 e. The van der Waals surface area contributed by atoms with Crippen LogP contribution in [0.4, 0.5) is 5.69 Å². The molecule has 0 aliphatic carbocycles. The number of carbonyl (C=O) groups excluding carboxylic acids is 1. The van der Waals surface area contributed by atoms with E-state index in [1.807, 2.05) is 67.6 Å². The number of non-ortho nitro benzene ring substituents is 1. The molecule has 0 fully saturated rings. The van der Waals surface area contributed by atoms with Crippen molar-refractivity contribution in [3.63, 3.8) is 0 Å². The molecule has 3 aromatic rings. The molecule has 0 bridgehead atoms. The molecule has 0 saturated carbocycles. The van der Waals surface area contributed by atoms with Crippen LogP contribution in [-0.4, -0.2) is 10.9 Å². The van der Waals surface area contributed by atoms with Crippen LogP contribution in [0.25, 0.3) is 0 Å². The van der Waals surface area contributed by atoms with Gasteiger partial charge in [-0.15, -0.1) is 0 Å². The lowest BCUT2D eigenvalue weighted by atomic mass is 9.90. The van der Waals surface area contributed by atoms with Crippen LogP contribution in [0.1, 0.15) is 40.4 Å². The van der Waals surface area contributed by atoms with Gasteiger partial charge in [-0.25, -0.2) is 4.79 Å². The van der Waals surface area contributed by atoms with E-state index in [2.05, 4.69) is 0 Å². The van der Waals surface area contributed by atoms with Crippen molar-refractivity contribution in [3.8, 4) is 0 Å². The third-order valence-electron chi connectivity index (χ3n) is 4.46. The third-order valence-corrected chi connectivity index (χ3v) is 4.46. The lowest BCUT2D eigenvalue weighted by Gasteiger charge is -2.25. The first-order valence-corrected chi connectivity index (χ1v) is 8.61. The molecule has 0 aliphatic rings. The monoisotopic (exact) mass is 361 g/mol. The molecular weight excluding hydrogens is 342 g/mol. The fourth-order valence-electron chi connectivity index (χ4n) is 2.94. The van der Waals surface area contributed by atoms with Crippen molar-refractivity contribution in [1.29, 1.82) is 0 Å². The van der Waals surface area contributed by atoms with E-state index >= 15 is 0 Å². The van der Waals surface area contributed by atoms with Gasteiger partial charge in [0.15, 0.2) is 0 Å². The minimum absolute atomic E-state index is 0.0596. The van der Waals surface area contributed by atoms with E-state index in [4.69, 9.17) is 4.74 Å². The summed E-state index contributed by atoms with van der Waals surface area (Å²) in [5.74, 6) is -0.572. The van der Waals surface area contributed by atoms with E-state index in [1.165, 1.54) is 24.3 Å². The largest absolute Gasteiger partial charge is 0.453 e. The van der Waals surface area contributed by atoms with Crippen molar-refractivity contribution >= 4 is 11.7 Å². The normalized spacial score (nSPS) is 12.8. The number of benzene rings is 3. The molecule has 0 aliphatic heterocycles. The summed E-state index contributed by atoms with van der Waals surface area (Å²) in [5.41, 5.74) is 2.16. The van der Waals surface area contributed by atoms with Crippen LogP contribution in [0.3, 0.4) is 0 Å². The standard InChI is InChI=1S/C22H19NO4/c1-16(17-8-4-2-5-9-17)21(18-10-6-3-7-11-18)27-22(24)19-12-14-20(15-13-19)23(25)26/h2-16,21H,1H3. The van der Waals surface area contributed by atoms with Gasteiger partial charge in [0, 0.05) is 18.1 Å². The molecule has 0 spiro atoms. The summed E-state index contributed by atoms with van der Waals surface area (Å²) in [7, 11) is 0. The van der Waals surface area contributed by atoms with Crippen LogP contribution >= 0.6 is 0 Å². The summed E-state index contributed by atoms with van der Waals surface area (Å²) in [6.45, 7) is 2.01. The summed E-state index contributed by atoms with van der Waals surface area (Å²) in [4.78, 5) is 22.9. The number of ether oxygens (including phenoxy) is 1. The summed E-state index contributed by atoms with van der Waals surface area (Å²) < 4.78 is 5.83. The second kappa shape index (κ2) is 8.27. The molecule has 0 radical (unpaired) electrons. The van der Waals surface area contributed by atoms with Crippen molar-refractivity contribution in [2.75, 3.05) is 0 Å². The van der Waals surface area contributed by atoms with Gasteiger partial charge in [0.25, 0.3) is 5.69 Å². The number of esters is 1. The first kappa shape index (κ1) is 18.3. The Labute approximate surface area is 157 Å². The van der Waals surface area contributed by atoms with Crippen LogP contribution in [0.5, 0.6) is 0 Å². The fourth-order valence-corrected chi connectivity index (χ4v) is 2.94. The van der Waals surface area contributed by atoms with Gasteiger partial charge >= 0.3 is 5.97 Å². The highest BCUT2D eigenvalue weighted by molar-refractivity contribution is 5.89. The predicted octanol–water partition coefficient (Wildman–Crippen LogP) is 5.30. The van der Waals surface area contributed by atoms with E-state index in [-0.39, 0.29) is 17.2 Å². The molecule has 136 valence electrons. The fraction of sp³-hybridized carbons (Fsp3) is 0.136. The number of rotatable bonds is 6. The maximum Gasteiger partial charge on any atom is 0.338 e. The average Bonchev–Trinajstić information content (AvgIpc) is 2.72. The van der Waals surface area contributed by atoms with Gasteiger partial charge in [0.05, 0.1) is 10.5 Å². The van der Waals surface area contributed by atoms with E-state index in [0.29, 0.717) is 0 Å². The van der Waals surface area contributed by atoms with Crippen LogP contribution in [-0.2, 0) is 4.74 Å². The average molecular weight is 361 g/mol. The Bertz CT molecular complexity index is 908. The quantitative estimate of drug-likeness (QED) is 0.339. The van der Waals surface area contributed by atoms with Gasteiger partial charge in [-0.2, -0.15) is 0 Å². The zero-order valence-corrected chi connectivity index (χ0v) is 14.8. The summed E-state index contributed by atoms with van der Waals surface area (Å²) in [5, 5.41) is 10.8. The smallest absolute Gasteiger partial charge is 0.338 e. The SMILES string of the molecule is CC(c1ccccc1)C(OC(=O)c1ccc([N+](=O)[O-])cc1)c1ccccc1. The zero-order valence-electron chi connectivity index (χ0n) is 14.8. The van der Waals surface area contributed by atoms with Crippen molar-refractivity contribution in [2.24, 2.45) is 0 Å². The molecule has 3 aromatic carbocycles. The number of nitro groups is 1. The second-order valence-electron chi connectivity index (χ2n) is 6.24. The van der Waals surface area contributed by atoms with E-state index < -0.39 is 17.0 Å². The van der Waals surface area contributed by atoms with E-state index in [9.17, 15) is 14.9 Å². The molecule has 27 heavy (non-hydrogen) atoms. The van der Waals surface area contributed by atoms with Crippen LogP contribution in [0.15, 0.2) is 84.9 Å². The predicted molar refractivity (Wildman–Crippen MR) is 103 cm³/mol. The van der Waals surface area contributed by atoms with Gasteiger partial charge in [-0.3, -0.25) is 10.1 Å². The molecule has 2 unspecified atom stereocenters.